The second-order valence-electron chi connectivity index (χ2n) is 7.30. The van der Waals surface area contributed by atoms with Crippen LogP contribution in [-0.2, 0) is 23.1 Å². The molecule has 0 bridgehead atoms. The number of hydrogen-bond donors (Lipinski definition) is 0. The molecule has 2 aromatic rings. The highest BCUT2D eigenvalue weighted by atomic mass is 16.5. The van der Waals surface area contributed by atoms with E-state index in [4.69, 9.17) is 4.74 Å². The Hall–Kier alpha value is -2.40. The number of amides is 1. The van der Waals surface area contributed by atoms with Crippen LogP contribution in [0.2, 0.25) is 0 Å². The van der Waals surface area contributed by atoms with Crippen molar-refractivity contribution >= 4 is 5.91 Å². The Morgan fingerprint density at radius 3 is 2.70 bits per heavy atom. The van der Waals surface area contributed by atoms with Crippen molar-refractivity contribution in [2.75, 3.05) is 13.7 Å². The first kappa shape index (κ1) is 19.4. The molecule has 0 fully saturated rings. The van der Waals surface area contributed by atoms with Crippen molar-refractivity contribution in [3.8, 4) is 0 Å². The number of benzene rings is 1. The molecule has 0 unspecified atom stereocenters. The predicted octanol–water partition coefficient (Wildman–Crippen LogP) is 3.80. The molecule has 0 aliphatic heterocycles. The summed E-state index contributed by atoms with van der Waals surface area (Å²) < 4.78 is 7.46. The Balaban J connectivity index is 1.82. The Labute approximate surface area is 161 Å². The van der Waals surface area contributed by atoms with E-state index in [1.807, 2.05) is 60.0 Å². The molecule has 27 heavy (non-hydrogen) atoms. The average Bonchev–Trinajstić information content (AvgIpc) is 3.00. The SMILES string of the molecule is CO[C@@H](C(=O)N(Cc1cc(C)n(C)n1)C[C@@H]1CC=CCC1)c1ccccc1. The number of carbonyl (C=O) groups excluding carboxylic acids is 1. The molecule has 1 aliphatic carbocycles. The van der Waals surface area contributed by atoms with E-state index < -0.39 is 6.10 Å². The zero-order valence-electron chi connectivity index (χ0n) is 16.5. The summed E-state index contributed by atoms with van der Waals surface area (Å²) in [6.45, 7) is 3.26. The summed E-state index contributed by atoms with van der Waals surface area (Å²) in [5, 5.41) is 4.55. The van der Waals surface area contributed by atoms with Crippen molar-refractivity contribution < 1.29 is 9.53 Å². The fourth-order valence-corrected chi connectivity index (χ4v) is 3.65. The van der Waals surface area contributed by atoms with E-state index in [0.29, 0.717) is 12.5 Å². The molecule has 5 heteroatoms. The van der Waals surface area contributed by atoms with Crippen molar-refractivity contribution in [3.05, 3.63) is 65.5 Å². The van der Waals surface area contributed by atoms with Gasteiger partial charge in [-0.1, -0.05) is 42.5 Å². The molecule has 5 nitrogen and oxygen atoms in total. The number of aromatic nitrogens is 2. The summed E-state index contributed by atoms with van der Waals surface area (Å²) in [6.07, 6.45) is 7.09. The van der Waals surface area contributed by atoms with Gasteiger partial charge < -0.3 is 9.64 Å². The number of nitrogens with zero attached hydrogens (tertiary/aromatic N) is 3. The Bertz CT molecular complexity index is 763. The summed E-state index contributed by atoms with van der Waals surface area (Å²) in [4.78, 5) is 15.3. The van der Waals surface area contributed by atoms with Gasteiger partial charge in [-0.25, -0.2) is 0 Å². The lowest BCUT2D eigenvalue weighted by molar-refractivity contribution is -0.144. The van der Waals surface area contributed by atoms with Crippen LogP contribution in [0.1, 0.15) is 42.3 Å². The second kappa shape index (κ2) is 9.00. The van der Waals surface area contributed by atoms with Gasteiger partial charge in [0, 0.05) is 26.4 Å². The highest BCUT2D eigenvalue weighted by Gasteiger charge is 2.28. The normalized spacial score (nSPS) is 17.7. The van der Waals surface area contributed by atoms with Gasteiger partial charge >= 0.3 is 0 Å². The van der Waals surface area contributed by atoms with Gasteiger partial charge in [0.2, 0.25) is 0 Å². The van der Waals surface area contributed by atoms with Gasteiger partial charge in [0.1, 0.15) is 0 Å². The van der Waals surface area contributed by atoms with E-state index in [0.717, 1.165) is 42.8 Å². The first-order valence-corrected chi connectivity index (χ1v) is 9.59. The number of rotatable bonds is 7. The number of carbonyl (C=O) groups is 1. The maximum atomic E-state index is 13.4. The topological polar surface area (TPSA) is 47.4 Å². The monoisotopic (exact) mass is 367 g/mol. The Morgan fingerprint density at radius 1 is 1.33 bits per heavy atom. The first-order chi connectivity index (χ1) is 13.1. The van der Waals surface area contributed by atoms with E-state index in [1.54, 1.807) is 7.11 Å². The fraction of sp³-hybridized carbons (Fsp3) is 0.455. The quantitative estimate of drug-likeness (QED) is 0.699. The van der Waals surface area contributed by atoms with Crippen LogP contribution in [0, 0.1) is 12.8 Å². The molecule has 0 saturated carbocycles. The van der Waals surface area contributed by atoms with E-state index in [-0.39, 0.29) is 5.91 Å². The van der Waals surface area contributed by atoms with E-state index >= 15 is 0 Å². The van der Waals surface area contributed by atoms with Crippen LogP contribution in [0.5, 0.6) is 0 Å². The number of ether oxygens (including phenoxy) is 1. The van der Waals surface area contributed by atoms with Gasteiger partial charge in [-0.2, -0.15) is 5.10 Å². The summed E-state index contributed by atoms with van der Waals surface area (Å²) in [6, 6.07) is 11.8. The number of hydrogen-bond acceptors (Lipinski definition) is 3. The van der Waals surface area contributed by atoms with Crippen LogP contribution in [0.25, 0.3) is 0 Å². The fourth-order valence-electron chi connectivity index (χ4n) is 3.65. The Morgan fingerprint density at radius 2 is 2.11 bits per heavy atom. The van der Waals surface area contributed by atoms with Crippen molar-refractivity contribution in [1.82, 2.24) is 14.7 Å². The van der Waals surface area contributed by atoms with Crippen molar-refractivity contribution in [3.63, 3.8) is 0 Å². The largest absolute Gasteiger partial charge is 0.367 e. The summed E-state index contributed by atoms with van der Waals surface area (Å²) in [5.74, 6) is 0.485. The summed E-state index contributed by atoms with van der Waals surface area (Å²) >= 11 is 0. The molecule has 1 heterocycles. The van der Waals surface area contributed by atoms with Gasteiger partial charge in [0.15, 0.2) is 6.10 Å². The van der Waals surface area contributed by atoms with Crippen LogP contribution in [0.15, 0.2) is 48.6 Å². The molecule has 2 atom stereocenters. The Kier molecular flexibility index (Phi) is 6.45. The lowest BCUT2D eigenvalue weighted by Crippen LogP contribution is -2.39. The van der Waals surface area contributed by atoms with Gasteiger partial charge in [0.25, 0.3) is 5.91 Å². The second-order valence-corrected chi connectivity index (χ2v) is 7.30. The molecular weight excluding hydrogens is 338 g/mol. The highest BCUT2D eigenvalue weighted by molar-refractivity contribution is 5.82. The molecule has 0 saturated heterocycles. The van der Waals surface area contributed by atoms with Crippen LogP contribution in [0.4, 0.5) is 0 Å². The first-order valence-electron chi connectivity index (χ1n) is 9.59. The van der Waals surface area contributed by atoms with Crippen molar-refractivity contribution in [2.45, 2.75) is 38.8 Å². The zero-order valence-corrected chi connectivity index (χ0v) is 16.5. The number of methoxy groups -OCH3 is 1. The number of allylic oxidation sites excluding steroid dienone is 2. The molecule has 1 amide bonds. The average molecular weight is 367 g/mol. The van der Waals surface area contributed by atoms with Gasteiger partial charge in [-0.15, -0.1) is 0 Å². The van der Waals surface area contributed by atoms with Gasteiger partial charge in [-0.3, -0.25) is 9.48 Å². The minimum Gasteiger partial charge on any atom is -0.367 e. The third kappa shape index (κ3) is 4.86. The molecule has 0 radical (unpaired) electrons. The molecule has 144 valence electrons. The zero-order chi connectivity index (χ0) is 19.2. The molecule has 3 rings (SSSR count). The van der Waals surface area contributed by atoms with E-state index in [1.165, 1.54) is 0 Å². The highest BCUT2D eigenvalue weighted by Crippen LogP contribution is 2.25. The predicted molar refractivity (Wildman–Crippen MR) is 106 cm³/mol. The van der Waals surface area contributed by atoms with Gasteiger partial charge in [0.05, 0.1) is 12.2 Å². The van der Waals surface area contributed by atoms with Gasteiger partial charge in [-0.05, 0) is 43.7 Å². The van der Waals surface area contributed by atoms with Crippen molar-refractivity contribution in [1.29, 1.82) is 0 Å². The maximum Gasteiger partial charge on any atom is 0.256 e. The van der Waals surface area contributed by atoms with Crippen LogP contribution in [-0.4, -0.2) is 34.2 Å². The van der Waals surface area contributed by atoms with Crippen molar-refractivity contribution in [2.24, 2.45) is 13.0 Å². The molecule has 1 aromatic heterocycles. The summed E-state index contributed by atoms with van der Waals surface area (Å²) in [5.41, 5.74) is 2.89. The van der Waals surface area contributed by atoms with E-state index in [2.05, 4.69) is 17.3 Å². The molecule has 1 aliphatic rings. The molecule has 0 N–H and O–H groups in total. The lowest BCUT2D eigenvalue weighted by Gasteiger charge is -2.30. The van der Waals surface area contributed by atoms with E-state index in [9.17, 15) is 4.79 Å². The standard InChI is InChI=1S/C22H29N3O2/c1-17-14-20(23-24(17)2)16-25(15-18-10-6-4-7-11-18)22(26)21(27-3)19-12-8-5-9-13-19/h4-6,8-9,12-14,18,21H,7,10-11,15-16H2,1-3H3/t18-,21-/m1/s1. The maximum absolute atomic E-state index is 13.4. The molecule has 1 aromatic carbocycles. The summed E-state index contributed by atoms with van der Waals surface area (Å²) in [7, 11) is 3.53. The van der Waals surface area contributed by atoms with Crippen LogP contribution in [0.3, 0.4) is 0 Å². The third-order valence-corrected chi connectivity index (χ3v) is 5.25. The molecular formula is C22H29N3O2. The smallest absolute Gasteiger partial charge is 0.256 e. The number of aryl methyl sites for hydroxylation is 2. The minimum absolute atomic E-state index is 0.00144. The van der Waals surface area contributed by atoms with Crippen LogP contribution < -0.4 is 0 Å². The minimum atomic E-state index is -0.588. The third-order valence-electron chi connectivity index (χ3n) is 5.25. The lowest BCUT2D eigenvalue weighted by atomic mass is 9.93. The van der Waals surface area contributed by atoms with Crippen LogP contribution >= 0.6 is 0 Å². The molecule has 0 spiro atoms.